The minimum absolute atomic E-state index is 0.0112. The Balaban J connectivity index is 1.86. The van der Waals surface area contributed by atoms with Gasteiger partial charge in [-0.3, -0.25) is 4.79 Å². The van der Waals surface area contributed by atoms with E-state index in [1.54, 1.807) is 0 Å². The van der Waals surface area contributed by atoms with E-state index in [-0.39, 0.29) is 11.9 Å². The first-order valence-electron chi connectivity index (χ1n) is 4.69. The first kappa shape index (κ1) is 8.48. The molecule has 1 aliphatic carbocycles. The Morgan fingerprint density at radius 1 is 1.21 bits per heavy atom. The van der Waals surface area contributed by atoms with Gasteiger partial charge in [-0.05, 0) is 17.7 Å². The van der Waals surface area contributed by atoms with Crippen LogP contribution in [0.25, 0.3) is 0 Å². The van der Waals surface area contributed by atoms with Crippen molar-refractivity contribution < 1.29 is 9.53 Å². The second-order valence-corrected chi connectivity index (χ2v) is 4.81. The third-order valence-corrected chi connectivity index (χ3v) is 3.64. The molecule has 2 nitrogen and oxygen atoms in total. The van der Waals surface area contributed by atoms with Gasteiger partial charge in [0.2, 0.25) is 0 Å². The average Bonchev–Trinajstić information content (AvgIpc) is 2.79. The van der Waals surface area contributed by atoms with Gasteiger partial charge in [0.05, 0.1) is 12.5 Å². The molecule has 1 heterocycles. The van der Waals surface area contributed by atoms with Crippen LogP contribution in [0.5, 0.6) is 0 Å². The number of fused-ring (bicyclic) bond motifs is 1. The third kappa shape index (κ3) is 1.12. The molecule has 3 heteroatoms. The summed E-state index contributed by atoms with van der Waals surface area (Å²) in [5.74, 6) is 1.01. The molecular formula is C11H9BrO2. The van der Waals surface area contributed by atoms with Crippen molar-refractivity contribution in [3.8, 4) is 0 Å². The van der Waals surface area contributed by atoms with Gasteiger partial charge < -0.3 is 4.74 Å². The summed E-state index contributed by atoms with van der Waals surface area (Å²) in [6, 6.07) is 8.21. The zero-order valence-electron chi connectivity index (χ0n) is 7.44. The molecule has 0 amide bonds. The second kappa shape index (κ2) is 2.83. The second-order valence-electron chi connectivity index (χ2n) is 3.90. The van der Waals surface area contributed by atoms with E-state index in [1.165, 1.54) is 5.56 Å². The minimum atomic E-state index is -0.0112. The molecule has 0 radical (unpaired) electrons. The maximum absolute atomic E-state index is 11.2. The van der Waals surface area contributed by atoms with Gasteiger partial charge in [0.25, 0.3) is 0 Å². The first-order chi connectivity index (χ1) is 6.77. The monoisotopic (exact) mass is 252 g/mol. The highest BCUT2D eigenvalue weighted by Crippen LogP contribution is 2.58. The van der Waals surface area contributed by atoms with Crippen LogP contribution in [-0.2, 0) is 9.53 Å². The Morgan fingerprint density at radius 3 is 2.50 bits per heavy atom. The molecule has 0 aromatic heterocycles. The maximum atomic E-state index is 11.2. The maximum Gasteiger partial charge on any atom is 0.310 e. The van der Waals surface area contributed by atoms with E-state index in [9.17, 15) is 4.79 Å². The third-order valence-electron chi connectivity index (χ3n) is 3.11. The lowest BCUT2D eigenvalue weighted by atomic mass is 10.1. The number of rotatable bonds is 1. The Labute approximate surface area is 90.4 Å². The molecular weight excluding hydrogens is 244 g/mol. The summed E-state index contributed by atoms with van der Waals surface area (Å²) in [7, 11) is 0. The fourth-order valence-electron chi connectivity index (χ4n) is 2.32. The molecule has 0 N–H and O–H groups in total. The van der Waals surface area contributed by atoms with E-state index in [2.05, 4.69) is 28.1 Å². The average molecular weight is 253 g/mol. The van der Waals surface area contributed by atoms with Crippen LogP contribution in [-0.4, -0.2) is 12.6 Å². The van der Waals surface area contributed by atoms with Crippen molar-refractivity contribution in [3.63, 3.8) is 0 Å². The van der Waals surface area contributed by atoms with E-state index < -0.39 is 0 Å². The lowest BCUT2D eigenvalue weighted by Crippen LogP contribution is -2.04. The van der Waals surface area contributed by atoms with E-state index in [0.717, 1.165) is 4.47 Å². The van der Waals surface area contributed by atoms with Gasteiger partial charge in [0, 0.05) is 16.3 Å². The van der Waals surface area contributed by atoms with Crippen LogP contribution >= 0.6 is 15.9 Å². The molecule has 0 unspecified atom stereocenters. The molecule has 1 aromatic rings. The first-order valence-corrected chi connectivity index (χ1v) is 5.49. The summed E-state index contributed by atoms with van der Waals surface area (Å²) >= 11 is 3.40. The fraction of sp³-hybridized carbons (Fsp3) is 0.364. The van der Waals surface area contributed by atoms with E-state index in [4.69, 9.17) is 4.74 Å². The van der Waals surface area contributed by atoms with E-state index in [1.807, 2.05) is 12.1 Å². The van der Waals surface area contributed by atoms with Gasteiger partial charge in [-0.25, -0.2) is 0 Å². The lowest BCUT2D eigenvalue weighted by Gasteiger charge is -2.03. The number of benzene rings is 1. The number of esters is 1. The number of ether oxygens (including phenoxy) is 1. The highest BCUT2D eigenvalue weighted by molar-refractivity contribution is 9.10. The van der Waals surface area contributed by atoms with Gasteiger partial charge in [-0.1, -0.05) is 28.1 Å². The fourth-order valence-corrected chi connectivity index (χ4v) is 2.58. The number of cyclic esters (lactones) is 1. The lowest BCUT2D eigenvalue weighted by molar-refractivity contribution is -0.141. The SMILES string of the molecule is O=C1OC[C@H]2[C@@H]1[C@@H]2c1ccc(Br)cc1. The number of carbonyl (C=O) groups excluding carboxylic acids is 1. The molecule has 1 aromatic carbocycles. The molecule has 1 aliphatic heterocycles. The number of halogens is 1. The smallest absolute Gasteiger partial charge is 0.310 e. The summed E-state index contributed by atoms with van der Waals surface area (Å²) in [5, 5.41) is 0. The summed E-state index contributed by atoms with van der Waals surface area (Å²) in [6.45, 7) is 0.615. The van der Waals surface area contributed by atoms with Crippen LogP contribution in [0.2, 0.25) is 0 Å². The molecule has 2 fully saturated rings. The van der Waals surface area contributed by atoms with Gasteiger partial charge in [0.15, 0.2) is 0 Å². The minimum Gasteiger partial charge on any atom is -0.465 e. The quantitative estimate of drug-likeness (QED) is 0.718. The van der Waals surface area contributed by atoms with E-state index in [0.29, 0.717) is 18.4 Å². The topological polar surface area (TPSA) is 26.3 Å². The molecule has 72 valence electrons. The summed E-state index contributed by atoms with van der Waals surface area (Å²) in [5.41, 5.74) is 1.26. The highest BCUT2D eigenvalue weighted by Gasteiger charge is 2.60. The van der Waals surface area contributed by atoms with E-state index >= 15 is 0 Å². The molecule has 1 saturated carbocycles. The zero-order chi connectivity index (χ0) is 9.71. The van der Waals surface area contributed by atoms with Gasteiger partial charge >= 0.3 is 5.97 Å². The van der Waals surface area contributed by atoms with Gasteiger partial charge in [-0.15, -0.1) is 0 Å². The van der Waals surface area contributed by atoms with Crippen molar-refractivity contribution in [2.24, 2.45) is 11.8 Å². The zero-order valence-corrected chi connectivity index (χ0v) is 9.03. The molecule has 0 spiro atoms. The van der Waals surface area contributed by atoms with Crippen LogP contribution in [0.4, 0.5) is 0 Å². The van der Waals surface area contributed by atoms with Crippen molar-refractivity contribution in [1.29, 1.82) is 0 Å². The molecule has 3 atom stereocenters. The Kier molecular flexibility index (Phi) is 1.71. The Bertz CT molecular complexity index is 385. The summed E-state index contributed by atoms with van der Waals surface area (Å²) < 4.78 is 6.02. The summed E-state index contributed by atoms with van der Waals surface area (Å²) in [4.78, 5) is 11.2. The van der Waals surface area contributed by atoms with Gasteiger partial charge in [-0.2, -0.15) is 0 Å². The molecule has 2 aliphatic rings. The van der Waals surface area contributed by atoms with Crippen molar-refractivity contribution >= 4 is 21.9 Å². The predicted molar refractivity (Wildman–Crippen MR) is 54.8 cm³/mol. The molecule has 0 bridgehead atoms. The Morgan fingerprint density at radius 2 is 1.93 bits per heavy atom. The van der Waals surface area contributed by atoms with Crippen LogP contribution in [0, 0.1) is 11.8 Å². The molecule has 1 saturated heterocycles. The molecule has 3 rings (SSSR count). The summed E-state index contributed by atoms with van der Waals surface area (Å²) in [6.07, 6.45) is 0. The van der Waals surface area contributed by atoms with Crippen molar-refractivity contribution in [3.05, 3.63) is 34.3 Å². The van der Waals surface area contributed by atoms with Crippen molar-refractivity contribution in [2.45, 2.75) is 5.92 Å². The standard InChI is InChI=1S/C11H9BrO2/c12-7-3-1-6(2-4-7)9-8-5-14-11(13)10(8)9/h1-4,8-10H,5H2/t8-,9-,10-/m1/s1. The predicted octanol–water partition coefficient (Wildman–Crippen LogP) is 2.34. The van der Waals surface area contributed by atoms with Crippen LogP contribution < -0.4 is 0 Å². The van der Waals surface area contributed by atoms with Gasteiger partial charge in [0.1, 0.15) is 0 Å². The molecule has 14 heavy (non-hydrogen) atoms. The highest BCUT2D eigenvalue weighted by atomic mass is 79.9. The van der Waals surface area contributed by atoms with Crippen molar-refractivity contribution in [1.82, 2.24) is 0 Å². The van der Waals surface area contributed by atoms with Crippen LogP contribution in [0.15, 0.2) is 28.7 Å². The normalized spacial score (nSPS) is 33.8. The van der Waals surface area contributed by atoms with Crippen LogP contribution in [0.3, 0.4) is 0 Å². The largest absolute Gasteiger partial charge is 0.465 e. The Hall–Kier alpha value is -0.830. The number of hydrogen-bond donors (Lipinski definition) is 0. The van der Waals surface area contributed by atoms with Crippen molar-refractivity contribution in [2.75, 3.05) is 6.61 Å². The number of carbonyl (C=O) groups is 1. The number of hydrogen-bond acceptors (Lipinski definition) is 2. The van der Waals surface area contributed by atoms with Crippen LogP contribution in [0.1, 0.15) is 11.5 Å².